The number of thioether (sulfide) groups is 1. The Kier molecular flexibility index (Phi) is 4.17. The third-order valence-electron chi connectivity index (χ3n) is 2.82. The number of hydrogen-bond donors (Lipinski definition) is 1. The third-order valence-corrected chi connectivity index (χ3v) is 4.42. The van der Waals surface area contributed by atoms with Crippen LogP contribution in [0.25, 0.3) is 0 Å². The van der Waals surface area contributed by atoms with Gasteiger partial charge in [-0.3, -0.25) is 4.79 Å². The van der Waals surface area contributed by atoms with Crippen LogP contribution in [0.5, 0.6) is 5.75 Å². The molecule has 2 rings (SSSR count). The summed E-state index contributed by atoms with van der Waals surface area (Å²) in [5.74, 6) is 1.18. The molecule has 3 nitrogen and oxygen atoms in total. The van der Waals surface area contributed by atoms with Gasteiger partial charge in [-0.25, -0.2) is 0 Å². The highest BCUT2D eigenvalue weighted by Crippen LogP contribution is 2.43. The van der Waals surface area contributed by atoms with Crippen molar-refractivity contribution in [2.45, 2.75) is 37.3 Å². The van der Waals surface area contributed by atoms with Crippen molar-refractivity contribution in [3.63, 3.8) is 0 Å². The Morgan fingerprint density at radius 3 is 2.89 bits per heavy atom. The number of carbonyl (C=O) groups is 1. The van der Waals surface area contributed by atoms with E-state index in [0.29, 0.717) is 12.5 Å². The first-order chi connectivity index (χ1) is 8.63. The SMILES string of the molecule is CCCOc1cccc2c1NC(=O)C(C(C)C)S2. The molecule has 0 saturated carbocycles. The normalized spacial score (nSPS) is 18.4. The van der Waals surface area contributed by atoms with Gasteiger partial charge in [-0.15, -0.1) is 11.8 Å². The summed E-state index contributed by atoms with van der Waals surface area (Å²) in [6.45, 7) is 6.88. The van der Waals surface area contributed by atoms with E-state index in [-0.39, 0.29) is 11.2 Å². The molecule has 1 heterocycles. The van der Waals surface area contributed by atoms with Crippen molar-refractivity contribution in [2.75, 3.05) is 11.9 Å². The van der Waals surface area contributed by atoms with Crippen molar-refractivity contribution >= 4 is 23.4 Å². The molecule has 1 atom stereocenters. The van der Waals surface area contributed by atoms with Gasteiger partial charge in [0.15, 0.2) is 0 Å². The number of fused-ring (bicyclic) bond motifs is 1. The van der Waals surface area contributed by atoms with Crippen LogP contribution in [0, 0.1) is 5.92 Å². The van der Waals surface area contributed by atoms with Crippen molar-refractivity contribution in [3.05, 3.63) is 18.2 Å². The minimum Gasteiger partial charge on any atom is -0.491 e. The summed E-state index contributed by atoms with van der Waals surface area (Å²) in [7, 11) is 0. The molecule has 1 aromatic rings. The number of amides is 1. The fourth-order valence-corrected chi connectivity index (χ4v) is 3.03. The summed E-state index contributed by atoms with van der Waals surface area (Å²) in [5.41, 5.74) is 0.831. The number of rotatable bonds is 4. The van der Waals surface area contributed by atoms with E-state index in [1.807, 2.05) is 18.2 Å². The van der Waals surface area contributed by atoms with Gasteiger partial charge in [-0.2, -0.15) is 0 Å². The highest BCUT2D eigenvalue weighted by Gasteiger charge is 2.30. The number of nitrogens with one attached hydrogen (secondary N) is 1. The number of benzene rings is 1. The van der Waals surface area contributed by atoms with Crippen molar-refractivity contribution in [1.82, 2.24) is 0 Å². The van der Waals surface area contributed by atoms with E-state index in [1.54, 1.807) is 11.8 Å². The molecular formula is C14H19NO2S. The van der Waals surface area contributed by atoms with Gasteiger partial charge >= 0.3 is 0 Å². The minimum atomic E-state index is -0.0149. The van der Waals surface area contributed by atoms with Crippen molar-refractivity contribution in [3.8, 4) is 5.75 Å². The summed E-state index contributed by atoms with van der Waals surface area (Å²) in [6.07, 6.45) is 0.958. The Balaban J connectivity index is 2.27. The number of anilines is 1. The first-order valence-electron chi connectivity index (χ1n) is 6.36. The molecule has 98 valence electrons. The topological polar surface area (TPSA) is 38.3 Å². The average molecular weight is 265 g/mol. The van der Waals surface area contributed by atoms with Gasteiger partial charge in [0.1, 0.15) is 5.75 Å². The standard InChI is InChI=1S/C14H19NO2S/c1-4-8-17-10-6-5-7-11-12(10)15-14(16)13(18-11)9(2)3/h5-7,9,13H,4,8H2,1-3H3,(H,15,16). The Morgan fingerprint density at radius 2 is 2.22 bits per heavy atom. The minimum absolute atomic E-state index is 0.0149. The van der Waals surface area contributed by atoms with Crippen LogP contribution in [-0.2, 0) is 4.79 Å². The fraction of sp³-hybridized carbons (Fsp3) is 0.500. The molecule has 0 aromatic heterocycles. The number of carbonyl (C=O) groups excluding carboxylic acids is 1. The zero-order valence-corrected chi connectivity index (χ0v) is 11.8. The van der Waals surface area contributed by atoms with Gasteiger partial charge in [0.2, 0.25) is 5.91 Å². The molecule has 0 radical (unpaired) electrons. The molecular weight excluding hydrogens is 246 g/mol. The van der Waals surface area contributed by atoms with Crippen LogP contribution in [0.1, 0.15) is 27.2 Å². The summed E-state index contributed by atoms with van der Waals surface area (Å²) < 4.78 is 5.67. The highest BCUT2D eigenvalue weighted by atomic mass is 32.2. The Bertz CT molecular complexity index is 445. The second kappa shape index (κ2) is 5.65. The second-order valence-corrected chi connectivity index (χ2v) is 5.93. The molecule has 0 bridgehead atoms. The van der Waals surface area contributed by atoms with Gasteiger partial charge < -0.3 is 10.1 Å². The van der Waals surface area contributed by atoms with Gasteiger partial charge in [-0.05, 0) is 24.5 Å². The van der Waals surface area contributed by atoms with Crippen molar-refractivity contribution < 1.29 is 9.53 Å². The van der Waals surface area contributed by atoms with E-state index in [1.165, 1.54) is 0 Å². The van der Waals surface area contributed by atoms with Crippen LogP contribution in [-0.4, -0.2) is 17.8 Å². The summed E-state index contributed by atoms with van der Waals surface area (Å²) in [4.78, 5) is 13.1. The van der Waals surface area contributed by atoms with Gasteiger partial charge in [0.05, 0.1) is 17.5 Å². The Hall–Kier alpha value is -1.16. The second-order valence-electron chi connectivity index (χ2n) is 4.75. The predicted molar refractivity (Wildman–Crippen MR) is 75.3 cm³/mol. The predicted octanol–water partition coefficient (Wildman–Crippen LogP) is 3.54. The lowest BCUT2D eigenvalue weighted by Gasteiger charge is -2.27. The molecule has 1 N–H and O–H groups in total. The molecule has 0 aliphatic carbocycles. The lowest BCUT2D eigenvalue weighted by Crippen LogP contribution is -2.33. The van der Waals surface area contributed by atoms with Crippen LogP contribution >= 0.6 is 11.8 Å². The maximum absolute atomic E-state index is 12.0. The van der Waals surface area contributed by atoms with E-state index < -0.39 is 0 Å². The van der Waals surface area contributed by atoms with E-state index in [4.69, 9.17) is 4.74 Å². The monoisotopic (exact) mass is 265 g/mol. The first-order valence-corrected chi connectivity index (χ1v) is 7.24. The number of para-hydroxylation sites is 1. The molecule has 0 spiro atoms. The quantitative estimate of drug-likeness (QED) is 0.905. The van der Waals surface area contributed by atoms with Gasteiger partial charge in [0.25, 0.3) is 0 Å². The van der Waals surface area contributed by atoms with Crippen LogP contribution in [0.2, 0.25) is 0 Å². The zero-order valence-electron chi connectivity index (χ0n) is 11.0. The van der Waals surface area contributed by atoms with Crippen molar-refractivity contribution in [2.24, 2.45) is 5.92 Å². The first kappa shape index (κ1) is 13.3. The lowest BCUT2D eigenvalue weighted by atomic mass is 10.1. The maximum atomic E-state index is 12.0. The van der Waals surface area contributed by atoms with Crippen LogP contribution in [0.4, 0.5) is 5.69 Å². The molecule has 1 amide bonds. The fourth-order valence-electron chi connectivity index (χ4n) is 1.89. The number of hydrogen-bond acceptors (Lipinski definition) is 3. The molecule has 1 aliphatic heterocycles. The molecule has 1 aliphatic rings. The van der Waals surface area contributed by atoms with Crippen LogP contribution in [0.3, 0.4) is 0 Å². The lowest BCUT2D eigenvalue weighted by molar-refractivity contribution is -0.116. The van der Waals surface area contributed by atoms with Gasteiger partial charge in [-0.1, -0.05) is 26.8 Å². The molecule has 4 heteroatoms. The van der Waals surface area contributed by atoms with E-state index in [9.17, 15) is 4.79 Å². The molecule has 1 unspecified atom stereocenters. The molecule has 1 aromatic carbocycles. The van der Waals surface area contributed by atoms with Crippen LogP contribution < -0.4 is 10.1 Å². The van der Waals surface area contributed by atoms with Gasteiger partial charge in [0, 0.05) is 4.90 Å². The Labute approximate surface area is 112 Å². The zero-order chi connectivity index (χ0) is 13.1. The molecule has 18 heavy (non-hydrogen) atoms. The van der Waals surface area contributed by atoms with E-state index >= 15 is 0 Å². The largest absolute Gasteiger partial charge is 0.491 e. The molecule has 0 saturated heterocycles. The van der Waals surface area contributed by atoms with E-state index in [2.05, 4.69) is 26.1 Å². The van der Waals surface area contributed by atoms with Crippen molar-refractivity contribution in [1.29, 1.82) is 0 Å². The smallest absolute Gasteiger partial charge is 0.238 e. The molecule has 0 fully saturated rings. The number of ether oxygens (including phenoxy) is 1. The van der Waals surface area contributed by atoms with Crippen LogP contribution in [0.15, 0.2) is 23.1 Å². The van der Waals surface area contributed by atoms with E-state index in [0.717, 1.165) is 22.8 Å². The third kappa shape index (κ3) is 2.64. The highest BCUT2D eigenvalue weighted by molar-refractivity contribution is 8.01. The summed E-state index contributed by atoms with van der Waals surface area (Å²) in [5, 5.41) is 2.97. The summed E-state index contributed by atoms with van der Waals surface area (Å²) in [6, 6.07) is 5.92. The average Bonchev–Trinajstić information content (AvgIpc) is 2.35. The maximum Gasteiger partial charge on any atom is 0.238 e. The Morgan fingerprint density at radius 1 is 1.44 bits per heavy atom. The summed E-state index contributed by atoms with van der Waals surface area (Å²) >= 11 is 1.63.